The number of halogens is 1. The zero-order valence-corrected chi connectivity index (χ0v) is 20.9. The van der Waals surface area contributed by atoms with Gasteiger partial charge in [-0.25, -0.2) is 14.5 Å². The zero-order chi connectivity index (χ0) is 25.2. The number of hydrogen-bond acceptors (Lipinski definition) is 8. The molecule has 4 aromatic rings. The van der Waals surface area contributed by atoms with E-state index in [1.165, 1.54) is 16.9 Å². The molecule has 0 unspecified atom stereocenters. The monoisotopic (exact) mass is 508 g/mol. The predicted octanol–water partition coefficient (Wildman–Crippen LogP) is 4.23. The quantitative estimate of drug-likeness (QED) is 0.272. The maximum Gasteiger partial charge on any atom is 0.276 e. The summed E-state index contributed by atoms with van der Waals surface area (Å²) >= 11 is 5.97. The second-order valence-corrected chi connectivity index (χ2v) is 9.69. The summed E-state index contributed by atoms with van der Waals surface area (Å²) in [5.41, 5.74) is 8.07. The summed E-state index contributed by atoms with van der Waals surface area (Å²) in [5.74, 6) is 0.938. The van der Waals surface area contributed by atoms with E-state index in [2.05, 4.69) is 44.9 Å². The molecule has 0 bridgehead atoms. The van der Waals surface area contributed by atoms with E-state index in [9.17, 15) is 4.79 Å². The third-order valence-electron chi connectivity index (χ3n) is 6.21. The van der Waals surface area contributed by atoms with Gasteiger partial charge in [-0.2, -0.15) is 5.10 Å². The normalized spacial score (nSPS) is 17.9. The van der Waals surface area contributed by atoms with Gasteiger partial charge in [0.15, 0.2) is 17.2 Å². The van der Waals surface area contributed by atoms with Crippen LogP contribution in [0.25, 0.3) is 5.65 Å². The first kappa shape index (κ1) is 24.0. The summed E-state index contributed by atoms with van der Waals surface area (Å²) in [7, 11) is 0. The molecule has 0 aliphatic heterocycles. The van der Waals surface area contributed by atoms with Crippen LogP contribution in [0.3, 0.4) is 0 Å². The Kier molecular flexibility index (Phi) is 6.75. The Labute approximate surface area is 213 Å². The Bertz CT molecular complexity index is 1370. The molecule has 5 N–H and O–H groups in total. The molecule has 4 aromatic heterocycles. The fourth-order valence-corrected chi connectivity index (χ4v) is 4.44. The molecule has 36 heavy (non-hydrogen) atoms. The highest BCUT2D eigenvalue weighted by atomic mass is 35.5. The number of imidazole rings is 1. The zero-order valence-electron chi connectivity index (χ0n) is 20.1. The number of nitrogens with zero attached hydrogens (tertiary/aromatic N) is 6. The highest BCUT2D eigenvalue weighted by Gasteiger charge is 2.22. The third-order valence-corrected chi connectivity index (χ3v) is 6.42. The summed E-state index contributed by atoms with van der Waals surface area (Å²) < 4.78 is 3.41. The minimum Gasteiger partial charge on any atom is -0.366 e. The number of amides is 1. The van der Waals surface area contributed by atoms with Crippen molar-refractivity contribution in [2.24, 2.45) is 5.73 Å². The fourth-order valence-electron chi connectivity index (χ4n) is 4.26. The van der Waals surface area contributed by atoms with Gasteiger partial charge in [0.1, 0.15) is 11.0 Å². The van der Waals surface area contributed by atoms with Gasteiger partial charge >= 0.3 is 0 Å². The van der Waals surface area contributed by atoms with Gasteiger partial charge in [-0.05, 0) is 51.7 Å². The number of hydrogen-bond donors (Lipinski definition) is 4. The first-order chi connectivity index (χ1) is 17.4. The lowest BCUT2D eigenvalue weighted by Crippen LogP contribution is -2.33. The van der Waals surface area contributed by atoms with Crippen molar-refractivity contribution in [1.29, 1.82) is 0 Å². The molecular formula is C24H29ClN10O. The molecule has 0 aromatic carbocycles. The van der Waals surface area contributed by atoms with Gasteiger partial charge in [0.25, 0.3) is 5.91 Å². The Morgan fingerprint density at radius 3 is 2.64 bits per heavy atom. The lowest BCUT2D eigenvalue weighted by molar-refractivity contribution is 0.102. The predicted molar refractivity (Wildman–Crippen MR) is 140 cm³/mol. The van der Waals surface area contributed by atoms with Crippen LogP contribution in [0.2, 0.25) is 5.15 Å². The summed E-state index contributed by atoms with van der Waals surface area (Å²) in [6.45, 7) is 4.13. The van der Waals surface area contributed by atoms with Gasteiger partial charge in [0.2, 0.25) is 0 Å². The molecule has 1 aliphatic carbocycles. The van der Waals surface area contributed by atoms with Crippen molar-refractivity contribution in [2.45, 2.75) is 57.7 Å². The van der Waals surface area contributed by atoms with Gasteiger partial charge in [0.05, 0.1) is 11.9 Å². The molecule has 11 nitrogen and oxygen atoms in total. The standard InChI is InChI=1S/C24H29ClN10O/c1-14(2)34-10-8-21(32-34)31-18-12-22(29-16-5-3-15(26)4-6-16)33-35-19(13-28-23(18)35)24(36)30-17-7-9-27-20(25)11-17/h7-16H,3-6,26H2,1-2H3,(H,29,33)(H,31,32)(H,27,30,36)/t15-,16-. The summed E-state index contributed by atoms with van der Waals surface area (Å²) in [4.78, 5) is 21.6. The van der Waals surface area contributed by atoms with Crippen molar-refractivity contribution in [3.8, 4) is 0 Å². The highest BCUT2D eigenvalue weighted by molar-refractivity contribution is 6.29. The van der Waals surface area contributed by atoms with Crippen LogP contribution in [0.4, 0.5) is 23.0 Å². The molecule has 0 saturated heterocycles. The van der Waals surface area contributed by atoms with Gasteiger partial charge in [-0.1, -0.05) is 11.6 Å². The van der Waals surface area contributed by atoms with E-state index in [1.54, 1.807) is 12.1 Å². The SMILES string of the molecule is CC(C)n1ccc(Nc2cc(N[C@H]3CC[C@H](N)CC3)nn3c(C(=O)Nc4ccnc(Cl)c4)cnc23)n1. The second kappa shape index (κ2) is 10.1. The maximum atomic E-state index is 13.1. The van der Waals surface area contributed by atoms with Crippen LogP contribution >= 0.6 is 11.6 Å². The van der Waals surface area contributed by atoms with E-state index in [4.69, 9.17) is 22.4 Å². The van der Waals surface area contributed by atoms with Crippen molar-refractivity contribution in [2.75, 3.05) is 16.0 Å². The lowest BCUT2D eigenvalue weighted by atomic mass is 9.92. The van der Waals surface area contributed by atoms with Gasteiger partial charge < -0.3 is 21.7 Å². The second-order valence-electron chi connectivity index (χ2n) is 9.30. The van der Waals surface area contributed by atoms with Gasteiger partial charge in [-0.15, -0.1) is 5.10 Å². The minimum atomic E-state index is -0.368. The average Bonchev–Trinajstić information content (AvgIpc) is 3.48. The number of fused-ring (bicyclic) bond motifs is 1. The van der Waals surface area contributed by atoms with Crippen molar-refractivity contribution >= 4 is 46.2 Å². The molecule has 0 spiro atoms. The van der Waals surface area contributed by atoms with Crippen LogP contribution in [0.15, 0.2) is 42.9 Å². The number of anilines is 4. The summed E-state index contributed by atoms with van der Waals surface area (Å²) in [6, 6.07) is 7.77. The lowest BCUT2D eigenvalue weighted by Gasteiger charge is -2.27. The third kappa shape index (κ3) is 5.26. The van der Waals surface area contributed by atoms with Crippen molar-refractivity contribution in [3.05, 3.63) is 53.7 Å². The smallest absolute Gasteiger partial charge is 0.276 e. The van der Waals surface area contributed by atoms with E-state index in [1.807, 2.05) is 23.0 Å². The number of aromatic nitrogens is 6. The first-order valence-electron chi connectivity index (χ1n) is 12.0. The number of pyridine rings is 1. The van der Waals surface area contributed by atoms with Crippen LogP contribution in [-0.4, -0.2) is 47.4 Å². The van der Waals surface area contributed by atoms with Crippen LogP contribution in [-0.2, 0) is 0 Å². The largest absolute Gasteiger partial charge is 0.366 e. The maximum absolute atomic E-state index is 13.1. The van der Waals surface area contributed by atoms with E-state index >= 15 is 0 Å². The molecule has 188 valence electrons. The molecule has 1 aliphatic rings. The van der Waals surface area contributed by atoms with Gasteiger partial charge in [-0.3, -0.25) is 9.48 Å². The number of nitrogens with one attached hydrogen (secondary N) is 3. The minimum absolute atomic E-state index is 0.233. The van der Waals surface area contributed by atoms with E-state index < -0.39 is 0 Å². The van der Waals surface area contributed by atoms with Crippen LogP contribution < -0.4 is 21.7 Å². The number of carbonyl (C=O) groups excluding carboxylic acids is 1. The molecule has 5 rings (SSSR count). The molecule has 0 radical (unpaired) electrons. The van der Waals surface area contributed by atoms with E-state index in [0.717, 1.165) is 25.7 Å². The Morgan fingerprint density at radius 2 is 1.92 bits per heavy atom. The highest BCUT2D eigenvalue weighted by Crippen LogP contribution is 2.27. The molecule has 1 amide bonds. The molecule has 0 atom stereocenters. The number of rotatable bonds is 7. The van der Waals surface area contributed by atoms with Crippen LogP contribution in [0.1, 0.15) is 56.1 Å². The Hall–Kier alpha value is -3.70. The van der Waals surface area contributed by atoms with E-state index in [-0.39, 0.29) is 34.9 Å². The molecule has 12 heteroatoms. The summed E-state index contributed by atoms with van der Waals surface area (Å²) in [6.07, 6.45) is 8.80. The van der Waals surface area contributed by atoms with Crippen molar-refractivity contribution in [1.82, 2.24) is 29.4 Å². The molecular weight excluding hydrogens is 480 g/mol. The molecule has 1 fully saturated rings. The van der Waals surface area contributed by atoms with Gasteiger partial charge in [0, 0.05) is 48.3 Å². The molecule has 1 saturated carbocycles. The van der Waals surface area contributed by atoms with Crippen molar-refractivity contribution < 1.29 is 4.79 Å². The fraction of sp³-hybridized carbons (Fsp3) is 0.375. The topological polar surface area (TPSA) is 140 Å². The van der Waals surface area contributed by atoms with Crippen LogP contribution in [0, 0.1) is 0 Å². The average molecular weight is 509 g/mol. The van der Waals surface area contributed by atoms with E-state index in [0.29, 0.717) is 28.7 Å². The molecule has 4 heterocycles. The Morgan fingerprint density at radius 1 is 1.11 bits per heavy atom. The first-order valence-corrected chi connectivity index (χ1v) is 12.4. The summed E-state index contributed by atoms with van der Waals surface area (Å²) in [5, 5.41) is 19.3. The number of carbonyl (C=O) groups is 1. The number of nitrogens with two attached hydrogens (primary N) is 1. The van der Waals surface area contributed by atoms with Crippen molar-refractivity contribution in [3.63, 3.8) is 0 Å². The van der Waals surface area contributed by atoms with Crippen LogP contribution in [0.5, 0.6) is 0 Å². The Balaban J connectivity index is 1.49.